The first-order valence-corrected chi connectivity index (χ1v) is 7.90. The summed E-state index contributed by atoms with van der Waals surface area (Å²) in [6.45, 7) is 1.60. The maximum atomic E-state index is 9.22. The molecule has 0 radical (unpaired) electrons. The van der Waals surface area contributed by atoms with Gasteiger partial charge in [-0.1, -0.05) is 0 Å². The van der Waals surface area contributed by atoms with Gasteiger partial charge in [-0.3, -0.25) is 0 Å². The largest absolute Gasteiger partial charge is 0.374 e. The van der Waals surface area contributed by atoms with Gasteiger partial charge in [-0.05, 0) is 63.2 Å². The molecule has 114 valence electrons. The molecule has 1 heterocycles. The normalized spacial score (nSPS) is 38.3. The Kier molecular flexibility index (Phi) is 2.99. The van der Waals surface area contributed by atoms with Crippen LogP contribution in [0.2, 0.25) is 0 Å². The third-order valence-corrected chi connectivity index (χ3v) is 5.23. The lowest BCUT2D eigenvalue weighted by molar-refractivity contribution is 0.0103. The molecule has 1 atom stereocenters. The van der Waals surface area contributed by atoms with E-state index in [9.17, 15) is 5.11 Å². The van der Waals surface area contributed by atoms with Crippen LogP contribution in [0.3, 0.4) is 0 Å². The summed E-state index contributed by atoms with van der Waals surface area (Å²) >= 11 is 0. The molecule has 0 saturated heterocycles. The lowest BCUT2D eigenvalue weighted by Gasteiger charge is -2.56. The molecule has 4 aliphatic carbocycles. The molecule has 1 aromatic rings. The summed E-state index contributed by atoms with van der Waals surface area (Å²) in [6, 6.07) is 0. The van der Waals surface area contributed by atoms with Crippen molar-refractivity contribution in [3.63, 3.8) is 0 Å². The van der Waals surface area contributed by atoms with E-state index in [1.807, 2.05) is 0 Å². The molecule has 4 aliphatic rings. The van der Waals surface area contributed by atoms with Gasteiger partial charge in [-0.2, -0.15) is 0 Å². The number of anilines is 2. The number of nitrogens with zero attached hydrogens (tertiary/aromatic N) is 4. The summed E-state index contributed by atoms with van der Waals surface area (Å²) in [6.07, 6.45) is 7.22. The van der Waals surface area contributed by atoms with Crippen LogP contribution in [0, 0.1) is 17.8 Å². The zero-order valence-corrected chi connectivity index (χ0v) is 12.3. The minimum Gasteiger partial charge on any atom is -0.374 e. The molecule has 3 N–H and O–H groups in total. The maximum Gasteiger partial charge on any atom is 0.264 e. The second-order valence-corrected chi connectivity index (χ2v) is 7.19. The third kappa shape index (κ3) is 2.54. The molecule has 4 bridgehead atoms. The van der Waals surface area contributed by atoms with Gasteiger partial charge in [-0.25, -0.2) is 0 Å². The number of hydrogen-bond donors (Lipinski definition) is 3. The Hall–Kier alpha value is -1.50. The van der Waals surface area contributed by atoms with E-state index in [0.29, 0.717) is 5.95 Å². The number of aliphatic hydroxyl groups is 1. The maximum absolute atomic E-state index is 9.22. The van der Waals surface area contributed by atoms with Crippen molar-refractivity contribution in [1.82, 2.24) is 20.4 Å². The van der Waals surface area contributed by atoms with Crippen molar-refractivity contribution >= 4 is 11.9 Å². The molecule has 7 nitrogen and oxygen atoms in total. The third-order valence-electron chi connectivity index (χ3n) is 5.23. The predicted molar refractivity (Wildman–Crippen MR) is 77.5 cm³/mol. The highest BCUT2D eigenvalue weighted by atomic mass is 16.3. The van der Waals surface area contributed by atoms with Crippen molar-refractivity contribution in [1.29, 1.82) is 0 Å². The Morgan fingerprint density at radius 3 is 1.90 bits per heavy atom. The summed E-state index contributed by atoms with van der Waals surface area (Å²) in [7, 11) is 0. The molecule has 4 saturated carbocycles. The first-order valence-electron chi connectivity index (χ1n) is 7.90. The van der Waals surface area contributed by atoms with Crippen molar-refractivity contribution in [2.45, 2.75) is 57.2 Å². The first-order chi connectivity index (χ1) is 10.1. The highest BCUT2D eigenvalue weighted by Crippen LogP contribution is 2.56. The zero-order valence-electron chi connectivity index (χ0n) is 12.3. The highest BCUT2D eigenvalue weighted by Gasteiger charge is 2.51. The van der Waals surface area contributed by atoms with E-state index in [-0.39, 0.29) is 11.5 Å². The van der Waals surface area contributed by atoms with Crippen molar-refractivity contribution in [3.8, 4) is 0 Å². The van der Waals surface area contributed by atoms with Crippen LogP contribution < -0.4 is 10.6 Å². The Bertz CT molecular complexity index is 481. The Labute approximate surface area is 124 Å². The second kappa shape index (κ2) is 4.76. The standard InChI is InChI=1S/C14H22N6O/c1-8(21)15-12-17-19-13(20-18-12)16-14-5-9-2-10(6-14)4-11(3-9)7-14/h8-11,21H,2-7H2,1H3,(H,15,17,18)(H,16,19,20). The van der Waals surface area contributed by atoms with Crippen molar-refractivity contribution < 1.29 is 5.11 Å². The molecule has 1 unspecified atom stereocenters. The van der Waals surface area contributed by atoms with Crippen LogP contribution in [-0.2, 0) is 0 Å². The molecule has 0 spiro atoms. The number of aliphatic hydroxyl groups excluding tert-OH is 1. The Morgan fingerprint density at radius 1 is 0.952 bits per heavy atom. The lowest BCUT2D eigenvalue weighted by Crippen LogP contribution is -2.55. The van der Waals surface area contributed by atoms with Gasteiger partial charge in [0.05, 0.1) is 0 Å². The Morgan fingerprint density at radius 2 is 1.43 bits per heavy atom. The second-order valence-electron chi connectivity index (χ2n) is 7.19. The molecule has 4 fully saturated rings. The number of hydrogen-bond acceptors (Lipinski definition) is 7. The van der Waals surface area contributed by atoms with Gasteiger partial charge in [0.2, 0.25) is 0 Å². The zero-order chi connectivity index (χ0) is 14.4. The fourth-order valence-electron chi connectivity index (χ4n) is 5.02. The van der Waals surface area contributed by atoms with Crippen LogP contribution in [-0.4, -0.2) is 37.3 Å². The Balaban J connectivity index is 1.48. The topological polar surface area (TPSA) is 95.8 Å². The van der Waals surface area contributed by atoms with Crippen molar-refractivity contribution in [3.05, 3.63) is 0 Å². The molecular weight excluding hydrogens is 268 g/mol. The van der Waals surface area contributed by atoms with Crippen LogP contribution in [0.5, 0.6) is 0 Å². The van der Waals surface area contributed by atoms with E-state index in [0.717, 1.165) is 17.8 Å². The summed E-state index contributed by atoms with van der Waals surface area (Å²) < 4.78 is 0. The lowest BCUT2D eigenvalue weighted by atomic mass is 9.53. The van der Waals surface area contributed by atoms with Crippen LogP contribution in [0.4, 0.5) is 11.9 Å². The molecule has 1 aromatic heterocycles. The molecule has 21 heavy (non-hydrogen) atoms. The average Bonchev–Trinajstić information content (AvgIpc) is 2.38. The van der Waals surface area contributed by atoms with Gasteiger partial charge in [-0.15, -0.1) is 20.4 Å². The molecule has 0 aliphatic heterocycles. The monoisotopic (exact) mass is 290 g/mol. The van der Waals surface area contributed by atoms with Gasteiger partial charge >= 0.3 is 0 Å². The van der Waals surface area contributed by atoms with Crippen LogP contribution in [0.15, 0.2) is 0 Å². The van der Waals surface area contributed by atoms with E-state index < -0.39 is 6.23 Å². The number of rotatable bonds is 4. The van der Waals surface area contributed by atoms with Crippen LogP contribution in [0.25, 0.3) is 0 Å². The van der Waals surface area contributed by atoms with E-state index >= 15 is 0 Å². The minimum absolute atomic E-state index is 0.164. The van der Waals surface area contributed by atoms with Gasteiger partial charge in [0.1, 0.15) is 6.23 Å². The van der Waals surface area contributed by atoms with Gasteiger partial charge < -0.3 is 15.7 Å². The van der Waals surface area contributed by atoms with Gasteiger partial charge in [0, 0.05) is 5.54 Å². The smallest absolute Gasteiger partial charge is 0.264 e. The first kappa shape index (κ1) is 13.2. The van der Waals surface area contributed by atoms with Crippen LogP contribution >= 0.6 is 0 Å². The quantitative estimate of drug-likeness (QED) is 0.721. The van der Waals surface area contributed by atoms with Gasteiger partial charge in [0.15, 0.2) is 0 Å². The summed E-state index contributed by atoms with van der Waals surface area (Å²) in [4.78, 5) is 0. The van der Waals surface area contributed by atoms with E-state index in [1.54, 1.807) is 6.92 Å². The van der Waals surface area contributed by atoms with E-state index in [2.05, 4.69) is 31.0 Å². The van der Waals surface area contributed by atoms with Crippen molar-refractivity contribution in [2.24, 2.45) is 17.8 Å². The predicted octanol–water partition coefficient (Wildman–Crippen LogP) is 1.40. The highest BCUT2D eigenvalue weighted by molar-refractivity contribution is 5.31. The average molecular weight is 290 g/mol. The molecule has 7 heteroatoms. The van der Waals surface area contributed by atoms with Gasteiger partial charge in [0.25, 0.3) is 11.9 Å². The SMILES string of the molecule is CC(O)Nc1nnc(NC23CC4CC(CC(C4)C2)C3)nn1. The van der Waals surface area contributed by atoms with E-state index in [4.69, 9.17) is 0 Å². The molecular formula is C14H22N6O. The summed E-state index contributed by atoms with van der Waals surface area (Å²) in [5, 5.41) is 31.5. The number of aromatic nitrogens is 4. The molecule has 0 amide bonds. The fourth-order valence-corrected chi connectivity index (χ4v) is 5.02. The number of nitrogens with one attached hydrogen (secondary N) is 2. The minimum atomic E-state index is -0.712. The fraction of sp³-hybridized carbons (Fsp3) is 0.857. The van der Waals surface area contributed by atoms with Crippen LogP contribution in [0.1, 0.15) is 45.4 Å². The molecule has 0 aromatic carbocycles. The van der Waals surface area contributed by atoms with Crippen molar-refractivity contribution in [2.75, 3.05) is 10.6 Å². The summed E-state index contributed by atoms with van der Waals surface area (Å²) in [5.74, 6) is 3.39. The molecule has 5 rings (SSSR count). The van der Waals surface area contributed by atoms with E-state index in [1.165, 1.54) is 38.5 Å². The summed E-state index contributed by atoms with van der Waals surface area (Å²) in [5.41, 5.74) is 0.164.